The lowest BCUT2D eigenvalue weighted by molar-refractivity contribution is 0.214. The Morgan fingerprint density at radius 3 is 3.06 bits per heavy atom. The van der Waals surface area contributed by atoms with Crippen molar-refractivity contribution in [3.8, 4) is 0 Å². The summed E-state index contributed by atoms with van der Waals surface area (Å²) in [5.74, 6) is 0. The SMILES string of the molecule is CN(Cc1cn(CCN)nn1)CC1CCCN1C. The average molecular weight is 252 g/mol. The van der Waals surface area contributed by atoms with Crippen molar-refractivity contribution in [2.75, 3.05) is 33.7 Å². The topological polar surface area (TPSA) is 63.2 Å². The highest BCUT2D eigenvalue weighted by Gasteiger charge is 2.22. The summed E-state index contributed by atoms with van der Waals surface area (Å²) < 4.78 is 1.81. The highest BCUT2D eigenvalue weighted by atomic mass is 15.4. The number of hydrogen-bond acceptors (Lipinski definition) is 5. The van der Waals surface area contributed by atoms with Crippen molar-refractivity contribution < 1.29 is 0 Å². The fourth-order valence-corrected chi connectivity index (χ4v) is 2.56. The molecule has 1 aliphatic heterocycles. The van der Waals surface area contributed by atoms with E-state index in [4.69, 9.17) is 5.73 Å². The first-order valence-electron chi connectivity index (χ1n) is 6.67. The number of hydrogen-bond donors (Lipinski definition) is 1. The van der Waals surface area contributed by atoms with Crippen molar-refractivity contribution in [2.24, 2.45) is 5.73 Å². The van der Waals surface area contributed by atoms with Crippen LogP contribution in [0.1, 0.15) is 18.5 Å². The van der Waals surface area contributed by atoms with Crippen molar-refractivity contribution in [1.29, 1.82) is 0 Å². The number of aromatic nitrogens is 3. The van der Waals surface area contributed by atoms with Gasteiger partial charge in [0.25, 0.3) is 0 Å². The monoisotopic (exact) mass is 252 g/mol. The van der Waals surface area contributed by atoms with Crippen LogP contribution in [0.25, 0.3) is 0 Å². The van der Waals surface area contributed by atoms with Crippen LogP contribution < -0.4 is 5.73 Å². The standard InChI is InChI=1S/C12H24N6/c1-16(10-12-4-3-6-17(12)2)8-11-9-18(7-5-13)15-14-11/h9,12H,3-8,10,13H2,1-2H3. The maximum absolute atomic E-state index is 5.49. The van der Waals surface area contributed by atoms with Crippen molar-refractivity contribution in [3.63, 3.8) is 0 Å². The molecule has 6 heteroatoms. The van der Waals surface area contributed by atoms with E-state index in [2.05, 4.69) is 34.2 Å². The molecule has 1 fully saturated rings. The summed E-state index contributed by atoms with van der Waals surface area (Å²) in [5.41, 5.74) is 6.51. The number of nitrogens with two attached hydrogens (primary N) is 1. The van der Waals surface area contributed by atoms with Crippen molar-refractivity contribution in [1.82, 2.24) is 24.8 Å². The highest BCUT2D eigenvalue weighted by Crippen LogP contribution is 2.15. The van der Waals surface area contributed by atoms with Gasteiger partial charge in [0.15, 0.2) is 0 Å². The second-order valence-corrected chi connectivity index (χ2v) is 5.24. The Kier molecular flexibility index (Phi) is 4.68. The summed E-state index contributed by atoms with van der Waals surface area (Å²) >= 11 is 0. The van der Waals surface area contributed by atoms with Gasteiger partial charge < -0.3 is 10.6 Å². The van der Waals surface area contributed by atoms with Gasteiger partial charge in [-0.05, 0) is 33.5 Å². The first-order valence-corrected chi connectivity index (χ1v) is 6.67. The summed E-state index contributed by atoms with van der Waals surface area (Å²) in [7, 11) is 4.36. The van der Waals surface area contributed by atoms with Crippen LogP contribution in [0.5, 0.6) is 0 Å². The van der Waals surface area contributed by atoms with Gasteiger partial charge in [0.1, 0.15) is 0 Å². The van der Waals surface area contributed by atoms with Crippen LogP contribution in [0, 0.1) is 0 Å². The minimum atomic E-state index is 0.603. The molecule has 0 spiro atoms. The maximum Gasteiger partial charge on any atom is 0.0967 e. The zero-order valence-electron chi connectivity index (χ0n) is 11.4. The Labute approximate surface area is 109 Å². The second-order valence-electron chi connectivity index (χ2n) is 5.24. The van der Waals surface area contributed by atoms with Crippen molar-refractivity contribution in [3.05, 3.63) is 11.9 Å². The predicted octanol–water partition coefficient (Wildman–Crippen LogP) is -0.237. The predicted molar refractivity (Wildman–Crippen MR) is 71.1 cm³/mol. The Balaban J connectivity index is 1.80. The highest BCUT2D eigenvalue weighted by molar-refractivity contribution is 4.92. The molecule has 2 heterocycles. The number of nitrogens with zero attached hydrogens (tertiary/aromatic N) is 5. The molecule has 0 amide bonds. The number of likely N-dealkylation sites (N-methyl/N-ethyl adjacent to an activating group) is 2. The van der Waals surface area contributed by atoms with Gasteiger partial charge in [-0.15, -0.1) is 5.10 Å². The largest absolute Gasteiger partial charge is 0.329 e. The van der Waals surface area contributed by atoms with Crippen LogP contribution in [0.4, 0.5) is 0 Å². The average Bonchev–Trinajstić information content (AvgIpc) is 2.90. The van der Waals surface area contributed by atoms with E-state index in [-0.39, 0.29) is 0 Å². The molecule has 0 radical (unpaired) electrons. The normalized spacial score (nSPS) is 21.0. The number of rotatable bonds is 6. The van der Waals surface area contributed by atoms with E-state index < -0.39 is 0 Å². The molecule has 0 aromatic carbocycles. The van der Waals surface area contributed by atoms with E-state index in [9.17, 15) is 0 Å². The minimum absolute atomic E-state index is 0.603. The van der Waals surface area contributed by atoms with E-state index in [1.165, 1.54) is 19.4 Å². The fraction of sp³-hybridized carbons (Fsp3) is 0.833. The van der Waals surface area contributed by atoms with Crippen LogP contribution in [-0.2, 0) is 13.1 Å². The minimum Gasteiger partial charge on any atom is -0.329 e. The summed E-state index contributed by atoms with van der Waals surface area (Å²) in [6, 6.07) is 0.689. The van der Waals surface area contributed by atoms with Gasteiger partial charge in [0.2, 0.25) is 0 Å². The summed E-state index contributed by atoms with van der Waals surface area (Å²) in [5, 5.41) is 8.23. The van der Waals surface area contributed by atoms with Gasteiger partial charge in [-0.2, -0.15) is 0 Å². The lowest BCUT2D eigenvalue weighted by atomic mass is 10.2. The van der Waals surface area contributed by atoms with Crippen LogP contribution in [0.3, 0.4) is 0 Å². The zero-order chi connectivity index (χ0) is 13.0. The van der Waals surface area contributed by atoms with Gasteiger partial charge in [-0.25, -0.2) is 0 Å². The molecule has 102 valence electrons. The van der Waals surface area contributed by atoms with E-state index in [0.717, 1.165) is 25.3 Å². The molecule has 0 saturated carbocycles. The van der Waals surface area contributed by atoms with Crippen molar-refractivity contribution >= 4 is 0 Å². The van der Waals surface area contributed by atoms with E-state index in [1.807, 2.05) is 10.9 Å². The first-order chi connectivity index (χ1) is 8.69. The molecule has 0 aliphatic carbocycles. The molecule has 1 aromatic heterocycles. The third kappa shape index (κ3) is 3.51. The molecule has 1 unspecified atom stereocenters. The van der Waals surface area contributed by atoms with E-state index in [1.54, 1.807) is 0 Å². The molecular formula is C12H24N6. The lowest BCUT2D eigenvalue weighted by Gasteiger charge is -2.25. The van der Waals surface area contributed by atoms with Gasteiger partial charge in [-0.1, -0.05) is 5.21 Å². The second kappa shape index (κ2) is 6.26. The molecule has 1 aliphatic rings. The summed E-state index contributed by atoms with van der Waals surface area (Å²) in [6.07, 6.45) is 4.62. The summed E-state index contributed by atoms with van der Waals surface area (Å²) in [4.78, 5) is 4.77. The van der Waals surface area contributed by atoms with Crippen LogP contribution in [0.15, 0.2) is 6.20 Å². The number of likely N-dealkylation sites (tertiary alicyclic amines) is 1. The van der Waals surface area contributed by atoms with Gasteiger partial charge in [0.05, 0.1) is 12.2 Å². The van der Waals surface area contributed by atoms with Gasteiger partial charge in [0, 0.05) is 31.9 Å². The molecule has 18 heavy (non-hydrogen) atoms. The molecule has 6 nitrogen and oxygen atoms in total. The Morgan fingerprint density at radius 2 is 2.39 bits per heavy atom. The Hall–Kier alpha value is -0.980. The molecule has 1 aromatic rings. The first kappa shape index (κ1) is 13.5. The fourth-order valence-electron chi connectivity index (χ4n) is 2.56. The zero-order valence-corrected chi connectivity index (χ0v) is 11.4. The third-order valence-corrected chi connectivity index (χ3v) is 3.57. The van der Waals surface area contributed by atoms with Crippen molar-refractivity contribution in [2.45, 2.75) is 32.0 Å². The third-order valence-electron chi connectivity index (χ3n) is 3.57. The Morgan fingerprint density at radius 1 is 1.56 bits per heavy atom. The molecule has 0 bridgehead atoms. The quantitative estimate of drug-likeness (QED) is 0.757. The van der Waals surface area contributed by atoms with Crippen LogP contribution in [-0.4, -0.2) is 64.6 Å². The van der Waals surface area contributed by atoms with Gasteiger partial charge in [-0.3, -0.25) is 9.58 Å². The molecule has 1 atom stereocenters. The van der Waals surface area contributed by atoms with E-state index in [0.29, 0.717) is 12.6 Å². The van der Waals surface area contributed by atoms with Crippen LogP contribution in [0.2, 0.25) is 0 Å². The molecule has 2 rings (SSSR count). The molecular weight excluding hydrogens is 228 g/mol. The van der Waals surface area contributed by atoms with Gasteiger partial charge >= 0.3 is 0 Å². The van der Waals surface area contributed by atoms with Crippen LogP contribution >= 0.6 is 0 Å². The Bertz CT molecular complexity index is 363. The summed E-state index contributed by atoms with van der Waals surface area (Å²) in [6.45, 7) is 4.52. The smallest absolute Gasteiger partial charge is 0.0967 e. The molecule has 2 N–H and O–H groups in total. The maximum atomic E-state index is 5.49. The lowest BCUT2D eigenvalue weighted by Crippen LogP contribution is -2.36. The molecule has 1 saturated heterocycles. The van der Waals surface area contributed by atoms with E-state index >= 15 is 0 Å².